The summed E-state index contributed by atoms with van der Waals surface area (Å²) in [5.74, 6) is -0.257. The van der Waals surface area contributed by atoms with Crippen molar-refractivity contribution in [3.63, 3.8) is 0 Å². The first-order valence-corrected chi connectivity index (χ1v) is 3.57. The fraction of sp³-hybridized carbons (Fsp3) is 0.714. The van der Waals surface area contributed by atoms with Crippen LogP contribution in [-0.4, -0.2) is 11.8 Å². The van der Waals surface area contributed by atoms with E-state index in [1.54, 1.807) is 0 Å². The predicted molar refractivity (Wildman–Crippen MR) is 36.2 cm³/mol. The second-order valence-corrected chi connectivity index (χ2v) is 2.60. The molecule has 1 aliphatic heterocycles. The second kappa shape index (κ2) is 2.82. The molecule has 3 nitrogen and oxygen atoms in total. The zero-order valence-corrected chi connectivity index (χ0v) is 6.02. The molecule has 1 fully saturated rings. The average Bonchev–Trinajstić information content (AvgIpc) is 2.13. The van der Waals surface area contributed by atoms with Crippen molar-refractivity contribution in [1.82, 2.24) is 5.32 Å². The van der Waals surface area contributed by atoms with Gasteiger partial charge in [0.1, 0.15) is 0 Å². The molecule has 3 heteroatoms. The lowest BCUT2D eigenvalue weighted by Crippen LogP contribution is -2.21. The molecule has 0 bridgehead atoms. The van der Waals surface area contributed by atoms with E-state index in [-0.39, 0.29) is 17.7 Å². The molecule has 1 N–H and O–H groups in total. The van der Waals surface area contributed by atoms with Crippen LogP contribution in [0.1, 0.15) is 26.2 Å². The summed E-state index contributed by atoms with van der Waals surface area (Å²) in [6.07, 6.45) is 2.19. The Balaban J connectivity index is 2.46. The van der Waals surface area contributed by atoms with Crippen molar-refractivity contribution in [1.29, 1.82) is 0 Å². The van der Waals surface area contributed by atoms with Crippen LogP contribution in [-0.2, 0) is 9.59 Å². The Hall–Kier alpha value is -0.860. The molecule has 1 heterocycles. The third kappa shape index (κ3) is 1.35. The molecule has 1 saturated heterocycles. The molecule has 1 aliphatic rings. The molecule has 56 valence electrons. The minimum atomic E-state index is -0.122. The molecule has 0 unspecified atom stereocenters. The number of amides is 2. The average molecular weight is 141 g/mol. The summed E-state index contributed by atoms with van der Waals surface area (Å²) in [6.45, 7) is 2.01. The largest absolute Gasteiger partial charge is 0.296 e. The summed E-state index contributed by atoms with van der Waals surface area (Å²) in [4.78, 5) is 21.4. The second-order valence-electron chi connectivity index (χ2n) is 2.60. The molecule has 1 rings (SSSR count). The minimum absolute atomic E-state index is 0.0440. The molecular formula is C7H11NO2. The van der Waals surface area contributed by atoms with E-state index in [0.29, 0.717) is 6.42 Å². The van der Waals surface area contributed by atoms with Crippen molar-refractivity contribution in [2.75, 3.05) is 0 Å². The highest BCUT2D eigenvalue weighted by molar-refractivity contribution is 6.03. The molecule has 0 aliphatic carbocycles. The van der Waals surface area contributed by atoms with Crippen molar-refractivity contribution >= 4 is 11.8 Å². The van der Waals surface area contributed by atoms with Gasteiger partial charge in [0.05, 0.1) is 0 Å². The van der Waals surface area contributed by atoms with Crippen LogP contribution in [0.4, 0.5) is 0 Å². The van der Waals surface area contributed by atoms with Crippen molar-refractivity contribution in [2.24, 2.45) is 5.92 Å². The number of imide groups is 1. The predicted octanol–water partition coefficient (Wildman–Crippen LogP) is 0.449. The van der Waals surface area contributed by atoms with Gasteiger partial charge in [-0.25, -0.2) is 0 Å². The Kier molecular flexibility index (Phi) is 2.04. The van der Waals surface area contributed by atoms with Gasteiger partial charge in [0.15, 0.2) is 0 Å². The van der Waals surface area contributed by atoms with Gasteiger partial charge in [-0.2, -0.15) is 0 Å². The van der Waals surface area contributed by atoms with Gasteiger partial charge in [0.2, 0.25) is 11.8 Å². The number of hydrogen-bond acceptors (Lipinski definition) is 2. The normalized spacial score (nSPS) is 25.1. The molecule has 0 radical (unpaired) electrons. The molecule has 1 atom stereocenters. The molecule has 0 spiro atoms. The van der Waals surface area contributed by atoms with Crippen LogP contribution in [0.5, 0.6) is 0 Å². The van der Waals surface area contributed by atoms with E-state index >= 15 is 0 Å². The number of carbonyl (C=O) groups excluding carboxylic acids is 2. The SMILES string of the molecule is CCC[C@H]1CC(=O)NC1=O. The summed E-state index contributed by atoms with van der Waals surface area (Å²) >= 11 is 0. The summed E-state index contributed by atoms with van der Waals surface area (Å²) < 4.78 is 0. The maximum Gasteiger partial charge on any atom is 0.230 e. The van der Waals surface area contributed by atoms with E-state index in [4.69, 9.17) is 0 Å². The molecular weight excluding hydrogens is 130 g/mol. The van der Waals surface area contributed by atoms with Crippen LogP contribution >= 0.6 is 0 Å². The van der Waals surface area contributed by atoms with Gasteiger partial charge in [-0.05, 0) is 6.42 Å². The minimum Gasteiger partial charge on any atom is -0.296 e. The lowest BCUT2D eigenvalue weighted by Gasteiger charge is -1.99. The summed E-state index contributed by atoms with van der Waals surface area (Å²) in [5.41, 5.74) is 0. The standard InChI is InChI=1S/C7H11NO2/c1-2-3-5-4-6(9)8-7(5)10/h5H,2-4H2,1H3,(H,8,9,10)/t5-/m0/s1. The Morgan fingerprint density at radius 1 is 1.60 bits per heavy atom. The molecule has 0 aromatic heterocycles. The Morgan fingerprint density at radius 3 is 2.70 bits per heavy atom. The Bertz CT molecular complexity index is 165. The highest BCUT2D eigenvalue weighted by atomic mass is 16.2. The van der Waals surface area contributed by atoms with Crippen molar-refractivity contribution < 1.29 is 9.59 Å². The van der Waals surface area contributed by atoms with Gasteiger partial charge in [-0.3, -0.25) is 14.9 Å². The van der Waals surface area contributed by atoms with Crippen molar-refractivity contribution in [3.05, 3.63) is 0 Å². The quantitative estimate of drug-likeness (QED) is 0.567. The molecule has 0 saturated carbocycles. The van der Waals surface area contributed by atoms with Crippen LogP contribution in [0.25, 0.3) is 0 Å². The topological polar surface area (TPSA) is 46.2 Å². The fourth-order valence-corrected chi connectivity index (χ4v) is 1.19. The zero-order valence-electron chi connectivity index (χ0n) is 6.02. The van der Waals surface area contributed by atoms with Crippen LogP contribution in [0, 0.1) is 5.92 Å². The van der Waals surface area contributed by atoms with E-state index in [1.807, 2.05) is 6.92 Å². The van der Waals surface area contributed by atoms with Crippen LogP contribution < -0.4 is 5.32 Å². The van der Waals surface area contributed by atoms with Gasteiger partial charge in [-0.15, -0.1) is 0 Å². The monoisotopic (exact) mass is 141 g/mol. The maximum absolute atomic E-state index is 10.8. The lowest BCUT2D eigenvalue weighted by molar-refractivity contribution is -0.125. The zero-order chi connectivity index (χ0) is 7.56. The van der Waals surface area contributed by atoms with Crippen molar-refractivity contribution in [2.45, 2.75) is 26.2 Å². The Labute approximate surface area is 59.8 Å². The van der Waals surface area contributed by atoms with Crippen LogP contribution in [0.2, 0.25) is 0 Å². The van der Waals surface area contributed by atoms with E-state index in [2.05, 4.69) is 5.32 Å². The highest BCUT2D eigenvalue weighted by Crippen LogP contribution is 2.15. The first-order valence-electron chi connectivity index (χ1n) is 3.57. The van der Waals surface area contributed by atoms with Gasteiger partial charge in [-0.1, -0.05) is 13.3 Å². The number of hydrogen-bond donors (Lipinski definition) is 1. The third-order valence-electron chi connectivity index (χ3n) is 1.70. The summed E-state index contributed by atoms with van der Waals surface area (Å²) in [6, 6.07) is 0. The van der Waals surface area contributed by atoms with E-state index in [1.165, 1.54) is 0 Å². The maximum atomic E-state index is 10.8. The molecule has 10 heavy (non-hydrogen) atoms. The first-order chi connectivity index (χ1) is 4.74. The smallest absolute Gasteiger partial charge is 0.230 e. The van der Waals surface area contributed by atoms with Gasteiger partial charge in [0, 0.05) is 12.3 Å². The number of rotatable bonds is 2. The molecule has 2 amide bonds. The van der Waals surface area contributed by atoms with Gasteiger partial charge in [0.25, 0.3) is 0 Å². The van der Waals surface area contributed by atoms with Crippen LogP contribution in [0.15, 0.2) is 0 Å². The lowest BCUT2D eigenvalue weighted by atomic mass is 10.0. The fourth-order valence-electron chi connectivity index (χ4n) is 1.19. The van der Waals surface area contributed by atoms with Gasteiger partial charge < -0.3 is 0 Å². The molecule has 0 aromatic carbocycles. The summed E-state index contributed by atoms with van der Waals surface area (Å²) in [7, 11) is 0. The Morgan fingerprint density at radius 2 is 2.30 bits per heavy atom. The first kappa shape index (κ1) is 7.25. The number of nitrogens with one attached hydrogen (secondary N) is 1. The van der Waals surface area contributed by atoms with Gasteiger partial charge >= 0.3 is 0 Å². The molecule has 0 aromatic rings. The van der Waals surface area contributed by atoms with Crippen molar-refractivity contribution in [3.8, 4) is 0 Å². The highest BCUT2D eigenvalue weighted by Gasteiger charge is 2.28. The summed E-state index contributed by atoms with van der Waals surface area (Å²) in [5, 5.41) is 2.27. The van der Waals surface area contributed by atoms with E-state index < -0.39 is 0 Å². The number of carbonyl (C=O) groups is 2. The van der Waals surface area contributed by atoms with E-state index in [0.717, 1.165) is 12.8 Å². The van der Waals surface area contributed by atoms with Crippen LogP contribution in [0.3, 0.4) is 0 Å². The third-order valence-corrected chi connectivity index (χ3v) is 1.70. The van der Waals surface area contributed by atoms with E-state index in [9.17, 15) is 9.59 Å².